The molecule has 21 heavy (non-hydrogen) atoms. The number of aryl methyl sites for hydroxylation is 1. The fourth-order valence-electron chi connectivity index (χ4n) is 3.79. The second-order valence-electron chi connectivity index (χ2n) is 6.91. The van der Waals surface area contributed by atoms with Gasteiger partial charge in [-0.25, -0.2) is 4.39 Å². The summed E-state index contributed by atoms with van der Waals surface area (Å²) in [7, 11) is 6.31. The van der Waals surface area contributed by atoms with Crippen molar-refractivity contribution >= 4 is 0 Å². The van der Waals surface area contributed by atoms with Crippen LogP contribution in [-0.4, -0.2) is 31.6 Å². The van der Waals surface area contributed by atoms with E-state index in [1.54, 1.807) is 6.07 Å². The molecule has 0 spiro atoms. The van der Waals surface area contributed by atoms with Gasteiger partial charge in [0.15, 0.2) is 0 Å². The third-order valence-corrected chi connectivity index (χ3v) is 5.39. The van der Waals surface area contributed by atoms with Crippen LogP contribution in [0.5, 0.6) is 0 Å². The van der Waals surface area contributed by atoms with Crippen molar-refractivity contribution in [1.82, 2.24) is 10.2 Å². The first-order valence-corrected chi connectivity index (χ1v) is 8.01. The Morgan fingerprint density at radius 1 is 1.29 bits per heavy atom. The summed E-state index contributed by atoms with van der Waals surface area (Å²) in [4.78, 5) is 2.35. The lowest BCUT2D eigenvalue weighted by Crippen LogP contribution is -2.55. The highest BCUT2D eigenvalue weighted by atomic mass is 19.1. The van der Waals surface area contributed by atoms with Crippen molar-refractivity contribution in [2.75, 3.05) is 21.1 Å². The molecule has 3 heteroatoms. The van der Waals surface area contributed by atoms with Gasteiger partial charge in [0.05, 0.1) is 6.04 Å². The van der Waals surface area contributed by atoms with E-state index in [1.165, 1.54) is 12.8 Å². The molecule has 0 bridgehead atoms. The fourth-order valence-corrected chi connectivity index (χ4v) is 3.79. The van der Waals surface area contributed by atoms with Crippen molar-refractivity contribution in [3.63, 3.8) is 0 Å². The third kappa shape index (κ3) is 3.14. The van der Waals surface area contributed by atoms with Crippen LogP contribution in [0.15, 0.2) is 18.2 Å². The van der Waals surface area contributed by atoms with Gasteiger partial charge in [-0.3, -0.25) is 0 Å². The zero-order chi connectivity index (χ0) is 15.6. The molecular formula is C18H29FN2. The maximum Gasteiger partial charge on any atom is 0.126 e. The predicted octanol–water partition coefficient (Wildman–Crippen LogP) is 3.91. The molecule has 118 valence electrons. The number of hydrogen-bond acceptors (Lipinski definition) is 2. The van der Waals surface area contributed by atoms with E-state index >= 15 is 0 Å². The van der Waals surface area contributed by atoms with Gasteiger partial charge in [0.25, 0.3) is 0 Å². The van der Waals surface area contributed by atoms with Crippen molar-refractivity contribution in [1.29, 1.82) is 0 Å². The molecule has 0 saturated heterocycles. The Hall–Kier alpha value is -0.930. The van der Waals surface area contributed by atoms with Crippen molar-refractivity contribution in [2.24, 2.45) is 5.92 Å². The van der Waals surface area contributed by atoms with Crippen molar-refractivity contribution in [3.05, 3.63) is 35.1 Å². The normalized spacial score (nSPS) is 27.9. The number of rotatable bonds is 4. The molecule has 0 amide bonds. The third-order valence-electron chi connectivity index (χ3n) is 5.39. The zero-order valence-electron chi connectivity index (χ0n) is 14.0. The van der Waals surface area contributed by atoms with Gasteiger partial charge in [-0.2, -0.15) is 0 Å². The largest absolute Gasteiger partial charge is 0.311 e. The van der Waals surface area contributed by atoms with E-state index in [-0.39, 0.29) is 17.4 Å². The highest BCUT2D eigenvalue weighted by Gasteiger charge is 2.43. The Morgan fingerprint density at radius 2 is 1.90 bits per heavy atom. The van der Waals surface area contributed by atoms with E-state index in [9.17, 15) is 4.39 Å². The van der Waals surface area contributed by atoms with E-state index in [2.05, 4.69) is 37.3 Å². The highest BCUT2D eigenvalue weighted by molar-refractivity contribution is 5.29. The van der Waals surface area contributed by atoms with Gasteiger partial charge in [0, 0.05) is 5.54 Å². The van der Waals surface area contributed by atoms with Crippen LogP contribution in [0.25, 0.3) is 0 Å². The SMILES string of the molecule is CNC(c1ccc(C)c(F)c1)C1(N(C)C)CCC(C)CC1. The average Bonchev–Trinajstić information content (AvgIpc) is 2.45. The van der Waals surface area contributed by atoms with Crippen LogP contribution in [0.2, 0.25) is 0 Å². The Kier molecular flexibility index (Phi) is 5.05. The van der Waals surface area contributed by atoms with Gasteiger partial charge in [-0.1, -0.05) is 19.1 Å². The van der Waals surface area contributed by atoms with Gasteiger partial charge in [-0.05, 0) is 76.9 Å². The first-order valence-electron chi connectivity index (χ1n) is 8.01. The summed E-state index contributed by atoms with van der Waals surface area (Å²) in [6.45, 7) is 4.15. The first-order chi connectivity index (χ1) is 9.90. The van der Waals surface area contributed by atoms with E-state index < -0.39 is 0 Å². The number of benzene rings is 1. The minimum absolute atomic E-state index is 0.0724. The summed E-state index contributed by atoms with van der Waals surface area (Å²) in [6, 6.07) is 5.84. The molecule has 1 N–H and O–H groups in total. The lowest BCUT2D eigenvalue weighted by atomic mass is 9.70. The summed E-state index contributed by atoms with van der Waals surface area (Å²) in [5, 5.41) is 3.46. The predicted molar refractivity (Wildman–Crippen MR) is 87.0 cm³/mol. The van der Waals surface area contributed by atoms with Crippen LogP contribution in [0.4, 0.5) is 4.39 Å². The average molecular weight is 292 g/mol. The zero-order valence-corrected chi connectivity index (χ0v) is 14.0. The van der Waals surface area contributed by atoms with Crippen LogP contribution < -0.4 is 5.32 Å². The number of likely N-dealkylation sites (N-methyl/N-ethyl adjacent to an activating group) is 2. The van der Waals surface area contributed by atoms with Gasteiger partial charge >= 0.3 is 0 Å². The van der Waals surface area contributed by atoms with Gasteiger partial charge in [-0.15, -0.1) is 0 Å². The van der Waals surface area contributed by atoms with E-state index in [0.717, 1.165) is 24.3 Å². The van der Waals surface area contributed by atoms with E-state index in [4.69, 9.17) is 0 Å². The van der Waals surface area contributed by atoms with Crippen LogP contribution in [-0.2, 0) is 0 Å². The Labute approximate surface area is 128 Å². The smallest absolute Gasteiger partial charge is 0.126 e. The number of nitrogens with one attached hydrogen (secondary N) is 1. The molecule has 1 atom stereocenters. The first kappa shape index (κ1) is 16.4. The molecule has 0 heterocycles. The Bertz CT molecular complexity index is 476. The molecule has 2 rings (SSSR count). The Morgan fingerprint density at radius 3 is 2.38 bits per heavy atom. The number of halogens is 1. The number of hydrogen-bond donors (Lipinski definition) is 1. The second-order valence-corrected chi connectivity index (χ2v) is 6.91. The Balaban J connectivity index is 2.38. The van der Waals surface area contributed by atoms with Gasteiger partial charge in [0.1, 0.15) is 5.82 Å². The van der Waals surface area contributed by atoms with Crippen LogP contribution >= 0.6 is 0 Å². The molecule has 0 aliphatic heterocycles. The van der Waals surface area contributed by atoms with Crippen molar-refractivity contribution < 1.29 is 4.39 Å². The summed E-state index contributed by atoms with van der Waals surface area (Å²) in [5.41, 5.74) is 1.84. The summed E-state index contributed by atoms with van der Waals surface area (Å²) < 4.78 is 14.0. The van der Waals surface area contributed by atoms with Crippen LogP contribution in [0.1, 0.15) is 49.8 Å². The lowest BCUT2D eigenvalue weighted by Gasteiger charge is -2.50. The summed E-state index contributed by atoms with van der Waals surface area (Å²) >= 11 is 0. The van der Waals surface area contributed by atoms with Crippen molar-refractivity contribution in [2.45, 2.75) is 51.1 Å². The van der Waals surface area contributed by atoms with Crippen LogP contribution in [0.3, 0.4) is 0 Å². The molecule has 1 saturated carbocycles. The molecule has 1 aliphatic carbocycles. The molecule has 1 fully saturated rings. The molecule has 1 aromatic carbocycles. The van der Waals surface area contributed by atoms with Crippen molar-refractivity contribution in [3.8, 4) is 0 Å². The quantitative estimate of drug-likeness (QED) is 0.905. The molecule has 1 aliphatic rings. The second kappa shape index (κ2) is 6.45. The minimum atomic E-state index is -0.106. The summed E-state index contributed by atoms with van der Waals surface area (Å²) in [5.74, 6) is 0.691. The highest BCUT2D eigenvalue weighted by Crippen LogP contribution is 2.43. The molecule has 2 nitrogen and oxygen atoms in total. The molecule has 1 unspecified atom stereocenters. The monoisotopic (exact) mass is 292 g/mol. The summed E-state index contributed by atoms with van der Waals surface area (Å²) in [6.07, 6.45) is 4.79. The van der Waals surface area contributed by atoms with Crippen LogP contribution in [0, 0.1) is 18.7 Å². The van der Waals surface area contributed by atoms with Gasteiger partial charge in [0.2, 0.25) is 0 Å². The molecular weight excluding hydrogens is 263 g/mol. The molecule has 0 aromatic heterocycles. The van der Waals surface area contributed by atoms with Gasteiger partial charge < -0.3 is 10.2 Å². The topological polar surface area (TPSA) is 15.3 Å². The molecule has 0 radical (unpaired) electrons. The fraction of sp³-hybridized carbons (Fsp3) is 0.667. The number of nitrogens with zero attached hydrogens (tertiary/aromatic N) is 1. The van der Waals surface area contributed by atoms with E-state index in [1.807, 2.05) is 20.0 Å². The standard InChI is InChI=1S/C18H29FN2/c1-13-8-10-18(11-9-13,21(4)5)17(20-3)15-7-6-14(2)16(19)12-15/h6-7,12-13,17,20H,8-11H2,1-5H3. The maximum atomic E-state index is 14.0. The lowest BCUT2D eigenvalue weighted by molar-refractivity contribution is 0.0454. The minimum Gasteiger partial charge on any atom is -0.311 e. The maximum absolute atomic E-state index is 14.0. The van der Waals surface area contributed by atoms with E-state index in [0.29, 0.717) is 5.56 Å². The molecule has 1 aromatic rings.